The minimum absolute atomic E-state index is 0.312. The molecule has 112 valence electrons. The van der Waals surface area contributed by atoms with Crippen LogP contribution in [0.3, 0.4) is 0 Å². The standard InChI is InChI=1S/C17H12N4O2/c1-11-20-17(21-23-11)13-6-4-5-12(9-13)16(22)14(10-18)15-7-2-3-8-19-15/h2-9,14H,1H3. The Morgan fingerprint density at radius 3 is 2.78 bits per heavy atom. The van der Waals surface area contributed by atoms with Crippen LogP contribution in [-0.4, -0.2) is 20.9 Å². The minimum Gasteiger partial charge on any atom is -0.339 e. The Morgan fingerprint density at radius 2 is 2.13 bits per heavy atom. The van der Waals surface area contributed by atoms with Gasteiger partial charge in [-0.2, -0.15) is 10.2 Å². The van der Waals surface area contributed by atoms with E-state index in [2.05, 4.69) is 15.1 Å². The van der Waals surface area contributed by atoms with Crippen molar-refractivity contribution in [3.05, 3.63) is 65.8 Å². The lowest BCUT2D eigenvalue weighted by Crippen LogP contribution is -2.12. The molecule has 1 unspecified atom stereocenters. The average Bonchev–Trinajstić information content (AvgIpc) is 3.03. The van der Waals surface area contributed by atoms with Crippen LogP contribution >= 0.6 is 0 Å². The fraction of sp³-hybridized carbons (Fsp3) is 0.118. The number of hydrogen-bond acceptors (Lipinski definition) is 6. The highest BCUT2D eigenvalue weighted by atomic mass is 16.5. The quantitative estimate of drug-likeness (QED) is 0.688. The number of pyridine rings is 1. The molecule has 23 heavy (non-hydrogen) atoms. The molecule has 2 heterocycles. The molecule has 0 saturated heterocycles. The summed E-state index contributed by atoms with van der Waals surface area (Å²) in [6, 6.07) is 14.0. The lowest BCUT2D eigenvalue weighted by Gasteiger charge is -2.08. The number of rotatable bonds is 4. The number of carbonyl (C=O) groups is 1. The maximum atomic E-state index is 12.6. The van der Waals surface area contributed by atoms with Gasteiger partial charge in [0.25, 0.3) is 0 Å². The van der Waals surface area contributed by atoms with Crippen molar-refractivity contribution in [2.45, 2.75) is 12.8 Å². The van der Waals surface area contributed by atoms with Gasteiger partial charge in [-0.25, -0.2) is 0 Å². The van der Waals surface area contributed by atoms with Gasteiger partial charge >= 0.3 is 0 Å². The number of nitriles is 1. The average molecular weight is 304 g/mol. The molecule has 0 saturated carbocycles. The number of nitrogens with zero attached hydrogens (tertiary/aromatic N) is 4. The van der Waals surface area contributed by atoms with Crippen molar-refractivity contribution in [1.82, 2.24) is 15.1 Å². The zero-order valence-electron chi connectivity index (χ0n) is 12.3. The third kappa shape index (κ3) is 2.99. The van der Waals surface area contributed by atoms with E-state index in [0.717, 1.165) is 0 Å². The van der Waals surface area contributed by atoms with Crippen LogP contribution in [0.5, 0.6) is 0 Å². The van der Waals surface area contributed by atoms with Gasteiger partial charge in [-0.05, 0) is 18.2 Å². The van der Waals surface area contributed by atoms with Crippen LogP contribution in [0.4, 0.5) is 0 Å². The maximum Gasteiger partial charge on any atom is 0.223 e. The molecule has 0 amide bonds. The van der Waals surface area contributed by atoms with Crippen LogP contribution < -0.4 is 0 Å². The summed E-state index contributed by atoms with van der Waals surface area (Å²) in [5, 5.41) is 13.2. The second kappa shape index (κ2) is 6.20. The molecule has 0 aliphatic carbocycles. The maximum absolute atomic E-state index is 12.6. The minimum atomic E-state index is -0.946. The van der Waals surface area contributed by atoms with E-state index in [4.69, 9.17) is 4.52 Å². The summed E-state index contributed by atoms with van der Waals surface area (Å²) in [6.07, 6.45) is 1.56. The van der Waals surface area contributed by atoms with Gasteiger partial charge in [-0.1, -0.05) is 29.4 Å². The molecule has 6 heteroatoms. The van der Waals surface area contributed by atoms with Crippen LogP contribution in [0.2, 0.25) is 0 Å². The highest BCUT2D eigenvalue weighted by Gasteiger charge is 2.23. The molecule has 1 aromatic carbocycles. The summed E-state index contributed by atoms with van der Waals surface area (Å²) in [7, 11) is 0. The molecule has 1 atom stereocenters. The van der Waals surface area contributed by atoms with Crippen molar-refractivity contribution in [3.8, 4) is 17.5 Å². The van der Waals surface area contributed by atoms with E-state index in [-0.39, 0.29) is 5.78 Å². The van der Waals surface area contributed by atoms with Gasteiger partial charge in [0.15, 0.2) is 11.7 Å². The Bertz CT molecular complexity index is 881. The highest BCUT2D eigenvalue weighted by Crippen LogP contribution is 2.22. The van der Waals surface area contributed by atoms with Crippen LogP contribution in [-0.2, 0) is 0 Å². The topological polar surface area (TPSA) is 92.7 Å². The molecule has 0 N–H and O–H groups in total. The van der Waals surface area contributed by atoms with Crippen molar-refractivity contribution < 1.29 is 9.32 Å². The molecule has 0 radical (unpaired) electrons. The molecule has 0 fully saturated rings. The first-order valence-electron chi connectivity index (χ1n) is 6.94. The van der Waals surface area contributed by atoms with Crippen LogP contribution in [0.15, 0.2) is 53.2 Å². The van der Waals surface area contributed by atoms with E-state index in [0.29, 0.717) is 28.5 Å². The number of carbonyl (C=O) groups excluding carboxylic acids is 1. The fourth-order valence-electron chi connectivity index (χ4n) is 2.20. The summed E-state index contributed by atoms with van der Waals surface area (Å²) >= 11 is 0. The molecule has 3 rings (SSSR count). The third-order valence-corrected chi connectivity index (χ3v) is 3.31. The third-order valence-electron chi connectivity index (χ3n) is 3.31. The number of hydrogen-bond donors (Lipinski definition) is 0. The zero-order chi connectivity index (χ0) is 16.2. The zero-order valence-corrected chi connectivity index (χ0v) is 12.3. The van der Waals surface area contributed by atoms with E-state index in [1.165, 1.54) is 0 Å². The molecule has 0 spiro atoms. The number of aromatic nitrogens is 3. The van der Waals surface area contributed by atoms with Gasteiger partial charge in [0.1, 0.15) is 0 Å². The normalized spacial score (nSPS) is 11.7. The first-order chi connectivity index (χ1) is 11.2. The summed E-state index contributed by atoms with van der Waals surface area (Å²) in [6.45, 7) is 1.69. The first-order valence-corrected chi connectivity index (χ1v) is 6.94. The van der Waals surface area contributed by atoms with Crippen molar-refractivity contribution in [2.75, 3.05) is 0 Å². The lowest BCUT2D eigenvalue weighted by molar-refractivity contribution is 0.0977. The van der Waals surface area contributed by atoms with E-state index in [1.807, 2.05) is 6.07 Å². The van der Waals surface area contributed by atoms with Crippen molar-refractivity contribution in [1.29, 1.82) is 5.26 Å². The molecule has 3 aromatic rings. The highest BCUT2D eigenvalue weighted by molar-refractivity contribution is 6.03. The number of aryl methyl sites for hydroxylation is 1. The van der Waals surface area contributed by atoms with Gasteiger partial charge in [-0.15, -0.1) is 0 Å². The monoisotopic (exact) mass is 304 g/mol. The SMILES string of the molecule is Cc1nc(-c2cccc(C(=O)C(C#N)c3ccccn3)c2)no1. The molecular formula is C17H12N4O2. The van der Waals surface area contributed by atoms with Crippen molar-refractivity contribution in [2.24, 2.45) is 0 Å². The summed E-state index contributed by atoms with van der Waals surface area (Å²) in [5.41, 5.74) is 1.49. The predicted octanol–water partition coefficient (Wildman–Crippen LogP) is 2.93. The summed E-state index contributed by atoms with van der Waals surface area (Å²) in [4.78, 5) is 20.9. The van der Waals surface area contributed by atoms with Gasteiger partial charge in [0, 0.05) is 24.2 Å². The van der Waals surface area contributed by atoms with Crippen LogP contribution in [0, 0.1) is 18.3 Å². The molecular weight excluding hydrogens is 292 g/mol. The van der Waals surface area contributed by atoms with Gasteiger partial charge in [-0.3, -0.25) is 9.78 Å². The Labute approximate surface area is 132 Å². The van der Waals surface area contributed by atoms with Gasteiger partial charge in [0.2, 0.25) is 11.7 Å². The van der Waals surface area contributed by atoms with E-state index >= 15 is 0 Å². The van der Waals surface area contributed by atoms with E-state index in [9.17, 15) is 10.1 Å². The summed E-state index contributed by atoms with van der Waals surface area (Å²) in [5.74, 6) is -0.407. The number of ketones is 1. The van der Waals surface area contributed by atoms with Crippen LogP contribution in [0.25, 0.3) is 11.4 Å². The Kier molecular flexibility index (Phi) is 3.93. The summed E-state index contributed by atoms with van der Waals surface area (Å²) < 4.78 is 4.95. The molecule has 0 aliphatic rings. The Hall–Kier alpha value is -3.33. The van der Waals surface area contributed by atoms with E-state index in [1.54, 1.807) is 55.6 Å². The molecule has 0 bridgehead atoms. The number of Topliss-reactive ketones (excluding diaryl/α,β-unsaturated/α-hetero) is 1. The fourth-order valence-corrected chi connectivity index (χ4v) is 2.20. The Balaban J connectivity index is 1.95. The van der Waals surface area contributed by atoms with E-state index < -0.39 is 5.92 Å². The second-order valence-corrected chi connectivity index (χ2v) is 4.90. The first kappa shape index (κ1) is 14.6. The molecule has 2 aromatic heterocycles. The van der Waals surface area contributed by atoms with Crippen molar-refractivity contribution >= 4 is 5.78 Å². The van der Waals surface area contributed by atoms with Crippen molar-refractivity contribution in [3.63, 3.8) is 0 Å². The molecule has 6 nitrogen and oxygen atoms in total. The largest absolute Gasteiger partial charge is 0.339 e. The Morgan fingerprint density at radius 1 is 1.26 bits per heavy atom. The smallest absolute Gasteiger partial charge is 0.223 e. The molecule has 0 aliphatic heterocycles. The van der Waals surface area contributed by atoms with Crippen LogP contribution in [0.1, 0.15) is 27.9 Å². The van der Waals surface area contributed by atoms with Gasteiger partial charge < -0.3 is 4.52 Å². The van der Waals surface area contributed by atoms with Gasteiger partial charge in [0.05, 0.1) is 11.8 Å². The lowest BCUT2D eigenvalue weighted by atomic mass is 9.94. The second-order valence-electron chi connectivity index (χ2n) is 4.90. The predicted molar refractivity (Wildman–Crippen MR) is 81.4 cm³/mol. The number of benzene rings is 1.